The van der Waals surface area contributed by atoms with Crippen molar-refractivity contribution in [3.8, 4) is 17.6 Å². The Balaban J connectivity index is 1.96. The van der Waals surface area contributed by atoms with Crippen LogP contribution in [0.4, 0.5) is 4.39 Å². The average molecular weight is 354 g/mol. The summed E-state index contributed by atoms with van der Waals surface area (Å²) in [6.07, 6.45) is 3.01. The molecule has 0 atom stereocenters. The molecule has 26 heavy (non-hydrogen) atoms. The lowest BCUT2D eigenvalue weighted by atomic mass is 10.1. The lowest BCUT2D eigenvalue weighted by Gasteiger charge is -2.08. The fourth-order valence-corrected chi connectivity index (χ4v) is 2.18. The van der Waals surface area contributed by atoms with Gasteiger partial charge in [0.15, 0.2) is 18.1 Å². The number of nitrogens with zero attached hydrogens (tertiary/aromatic N) is 1. The Morgan fingerprint density at radius 1 is 1.27 bits per heavy atom. The lowest BCUT2D eigenvalue weighted by molar-refractivity contribution is -0.116. The molecular formula is C20H19FN2O3. The van der Waals surface area contributed by atoms with E-state index in [1.54, 1.807) is 43.3 Å². The van der Waals surface area contributed by atoms with Crippen LogP contribution in [-0.4, -0.2) is 19.6 Å². The summed E-state index contributed by atoms with van der Waals surface area (Å²) in [6.45, 7) is 1.85. The fourth-order valence-electron chi connectivity index (χ4n) is 2.18. The van der Waals surface area contributed by atoms with E-state index in [-0.39, 0.29) is 24.9 Å². The topological polar surface area (TPSA) is 71.3 Å². The molecule has 0 fully saturated rings. The van der Waals surface area contributed by atoms with Crippen LogP contribution >= 0.6 is 0 Å². The molecule has 0 unspecified atom stereocenters. The van der Waals surface area contributed by atoms with Crippen LogP contribution in [0.25, 0.3) is 6.08 Å². The number of amides is 1. The standard InChI is InChI=1S/C20H19FN2O3/c1-14-3-4-16(11-17(14)21)13-23-20(24)8-6-15-5-7-18(26-10-9-22)19(12-15)25-2/h3-8,11-12H,10,13H2,1-2H3,(H,23,24)/b8-6+. The van der Waals surface area contributed by atoms with Gasteiger partial charge in [-0.15, -0.1) is 0 Å². The number of halogens is 1. The average Bonchev–Trinajstić information content (AvgIpc) is 2.65. The third kappa shape index (κ3) is 5.35. The van der Waals surface area contributed by atoms with Gasteiger partial charge in [0.05, 0.1) is 7.11 Å². The second-order valence-corrected chi connectivity index (χ2v) is 5.49. The summed E-state index contributed by atoms with van der Waals surface area (Å²) < 4.78 is 23.9. The summed E-state index contributed by atoms with van der Waals surface area (Å²) in [5.74, 6) is 0.336. The van der Waals surface area contributed by atoms with Gasteiger partial charge in [0, 0.05) is 12.6 Å². The Kier molecular flexibility index (Phi) is 6.75. The molecule has 0 aliphatic rings. The molecule has 0 bridgehead atoms. The number of carbonyl (C=O) groups excluding carboxylic acids is 1. The van der Waals surface area contributed by atoms with Crippen LogP contribution < -0.4 is 14.8 Å². The number of aryl methyl sites for hydroxylation is 1. The molecule has 0 aliphatic carbocycles. The van der Waals surface area contributed by atoms with Gasteiger partial charge in [0.25, 0.3) is 0 Å². The maximum Gasteiger partial charge on any atom is 0.244 e. The van der Waals surface area contributed by atoms with Crippen LogP contribution in [0.3, 0.4) is 0 Å². The number of nitriles is 1. The van der Waals surface area contributed by atoms with E-state index >= 15 is 0 Å². The molecular weight excluding hydrogens is 335 g/mol. The van der Waals surface area contributed by atoms with Crippen LogP contribution in [0.2, 0.25) is 0 Å². The Morgan fingerprint density at radius 2 is 2.08 bits per heavy atom. The Morgan fingerprint density at radius 3 is 2.77 bits per heavy atom. The van der Waals surface area contributed by atoms with E-state index in [1.165, 1.54) is 19.3 Å². The molecule has 1 amide bonds. The zero-order chi connectivity index (χ0) is 18.9. The molecule has 0 aromatic heterocycles. The number of benzene rings is 2. The molecule has 0 radical (unpaired) electrons. The minimum atomic E-state index is -0.297. The lowest BCUT2D eigenvalue weighted by Crippen LogP contribution is -2.20. The van der Waals surface area contributed by atoms with E-state index < -0.39 is 0 Å². The van der Waals surface area contributed by atoms with Gasteiger partial charge in [-0.1, -0.05) is 18.2 Å². The van der Waals surface area contributed by atoms with Crippen molar-refractivity contribution >= 4 is 12.0 Å². The first-order valence-corrected chi connectivity index (χ1v) is 7.92. The quantitative estimate of drug-likeness (QED) is 0.774. The van der Waals surface area contributed by atoms with Crippen molar-refractivity contribution in [2.24, 2.45) is 0 Å². The van der Waals surface area contributed by atoms with Crippen molar-refractivity contribution in [3.63, 3.8) is 0 Å². The molecule has 1 N–H and O–H groups in total. The molecule has 5 nitrogen and oxygen atoms in total. The maximum atomic E-state index is 13.5. The Bertz CT molecular complexity index is 857. The highest BCUT2D eigenvalue weighted by Crippen LogP contribution is 2.28. The fraction of sp³-hybridized carbons (Fsp3) is 0.200. The summed E-state index contributed by atoms with van der Waals surface area (Å²) in [6, 6.07) is 11.9. The summed E-state index contributed by atoms with van der Waals surface area (Å²) >= 11 is 0. The number of ether oxygens (including phenoxy) is 2. The zero-order valence-corrected chi connectivity index (χ0v) is 14.6. The van der Waals surface area contributed by atoms with Crippen LogP contribution in [0, 0.1) is 24.1 Å². The molecule has 0 saturated heterocycles. The van der Waals surface area contributed by atoms with Gasteiger partial charge < -0.3 is 14.8 Å². The van der Waals surface area contributed by atoms with Gasteiger partial charge in [0.1, 0.15) is 11.9 Å². The van der Waals surface area contributed by atoms with Crippen molar-refractivity contribution in [2.75, 3.05) is 13.7 Å². The van der Waals surface area contributed by atoms with E-state index in [9.17, 15) is 9.18 Å². The smallest absolute Gasteiger partial charge is 0.244 e. The van der Waals surface area contributed by atoms with Gasteiger partial charge in [-0.25, -0.2) is 4.39 Å². The summed E-state index contributed by atoms with van der Waals surface area (Å²) in [7, 11) is 1.50. The predicted molar refractivity (Wildman–Crippen MR) is 96.1 cm³/mol. The first-order valence-electron chi connectivity index (χ1n) is 7.92. The van der Waals surface area contributed by atoms with Gasteiger partial charge in [-0.2, -0.15) is 5.26 Å². The van der Waals surface area contributed by atoms with E-state index in [0.29, 0.717) is 22.6 Å². The molecule has 134 valence electrons. The van der Waals surface area contributed by atoms with Gasteiger partial charge in [-0.05, 0) is 47.9 Å². The molecule has 0 heterocycles. The molecule has 0 spiro atoms. The van der Waals surface area contributed by atoms with Crippen molar-refractivity contribution in [1.82, 2.24) is 5.32 Å². The second-order valence-electron chi connectivity index (χ2n) is 5.49. The number of nitrogens with one attached hydrogen (secondary N) is 1. The van der Waals surface area contributed by atoms with E-state index in [2.05, 4.69) is 5.32 Å². The monoisotopic (exact) mass is 354 g/mol. The Labute approximate surface area is 151 Å². The summed E-state index contributed by atoms with van der Waals surface area (Å²) in [4.78, 5) is 11.9. The van der Waals surface area contributed by atoms with Crippen molar-refractivity contribution in [2.45, 2.75) is 13.5 Å². The van der Waals surface area contributed by atoms with Gasteiger partial charge >= 0.3 is 0 Å². The predicted octanol–water partition coefficient (Wildman–Crippen LogP) is 3.37. The van der Waals surface area contributed by atoms with Gasteiger partial charge in [-0.3, -0.25) is 4.79 Å². The number of hydrogen-bond donors (Lipinski definition) is 1. The summed E-state index contributed by atoms with van der Waals surface area (Å²) in [5.41, 5.74) is 1.99. The number of rotatable bonds is 7. The maximum absolute atomic E-state index is 13.5. The van der Waals surface area contributed by atoms with Crippen LogP contribution in [0.1, 0.15) is 16.7 Å². The minimum absolute atomic E-state index is 0.0758. The largest absolute Gasteiger partial charge is 0.493 e. The van der Waals surface area contributed by atoms with Gasteiger partial charge in [0.2, 0.25) is 5.91 Å². The van der Waals surface area contributed by atoms with Crippen LogP contribution in [0.5, 0.6) is 11.5 Å². The second kappa shape index (κ2) is 9.23. The molecule has 2 aromatic carbocycles. The first-order chi connectivity index (χ1) is 12.5. The number of carbonyl (C=O) groups is 1. The van der Waals surface area contributed by atoms with E-state index in [0.717, 1.165) is 5.56 Å². The molecule has 6 heteroatoms. The highest BCUT2D eigenvalue weighted by Gasteiger charge is 2.05. The molecule has 0 aliphatic heterocycles. The third-order valence-corrected chi connectivity index (χ3v) is 3.61. The third-order valence-electron chi connectivity index (χ3n) is 3.61. The number of methoxy groups -OCH3 is 1. The first kappa shape index (κ1) is 19.0. The van der Waals surface area contributed by atoms with E-state index in [1.807, 2.05) is 6.07 Å². The van der Waals surface area contributed by atoms with Crippen LogP contribution in [0.15, 0.2) is 42.5 Å². The molecule has 0 saturated carbocycles. The zero-order valence-electron chi connectivity index (χ0n) is 14.6. The highest BCUT2D eigenvalue weighted by molar-refractivity contribution is 5.91. The van der Waals surface area contributed by atoms with E-state index in [4.69, 9.17) is 14.7 Å². The molecule has 2 aromatic rings. The summed E-state index contributed by atoms with van der Waals surface area (Å²) in [5, 5.41) is 11.3. The highest BCUT2D eigenvalue weighted by atomic mass is 19.1. The Hall–Kier alpha value is -3.33. The SMILES string of the molecule is COc1cc(/C=C/C(=O)NCc2ccc(C)c(F)c2)ccc1OCC#N. The number of hydrogen-bond acceptors (Lipinski definition) is 4. The molecule has 2 rings (SSSR count). The normalized spacial score (nSPS) is 10.4. The minimum Gasteiger partial charge on any atom is -0.493 e. The van der Waals surface area contributed by atoms with Crippen molar-refractivity contribution in [3.05, 3.63) is 65.0 Å². The van der Waals surface area contributed by atoms with Crippen LogP contribution in [-0.2, 0) is 11.3 Å². The van der Waals surface area contributed by atoms with Crippen molar-refractivity contribution < 1.29 is 18.7 Å². The van der Waals surface area contributed by atoms with Crippen molar-refractivity contribution in [1.29, 1.82) is 5.26 Å².